The zero-order valence-corrected chi connectivity index (χ0v) is 12.6. The van der Waals surface area contributed by atoms with E-state index in [0.717, 1.165) is 30.5 Å². The first-order chi connectivity index (χ1) is 10.1. The van der Waals surface area contributed by atoms with Crippen molar-refractivity contribution in [2.75, 3.05) is 19.7 Å². The third-order valence-corrected chi connectivity index (χ3v) is 3.68. The number of piperidine rings is 1. The molecule has 5 nitrogen and oxygen atoms in total. The van der Waals surface area contributed by atoms with Crippen molar-refractivity contribution >= 4 is 12.0 Å². The summed E-state index contributed by atoms with van der Waals surface area (Å²) in [4.78, 5) is 25.8. The second kappa shape index (κ2) is 7.11. The molecule has 0 saturated carbocycles. The molecule has 0 aliphatic carbocycles. The van der Waals surface area contributed by atoms with Gasteiger partial charge in [-0.15, -0.1) is 0 Å². The number of amides is 2. The van der Waals surface area contributed by atoms with Crippen LogP contribution in [0.5, 0.6) is 0 Å². The van der Waals surface area contributed by atoms with E-state index in [1.54, 1.807) is 6.92 Å². The molecule has 2 amide bonds. The van der Waals surface area contributed by atoms with Gasteiger partial charge in [-0.1, -0.05) is 18.2 Å². The van der Waals surface area contributed by atoms with E-state index >= 15 is 0 Å². The van der Waals surface area contributed by atoms with Gasteiger partial charge in [0.1, 0.15) is 0 Å². The number of hydrogen-bond acceptors (Lipinski definition) is 3. The molecule has 5 heteroatoms. The van der Waals surface area contributed by atoms with E-state index in [9.17, 15) is 9.59 Å². The van der Waals surface area contributed by atoms with Crippen molar-refractivity contribution in [2.24, 2.45) is 0 Å². The summed E-state index contributed by atoms with van der Waals surface area (Å²) in [5, 5.41) is 2.82. The lowest BCUT2D eigenvalue weighted by Gasteiger charge is -2.33. The molecule has 1 N–H and O–H groups in total. The minimum absolute atomic E-state index is 0.0310. The molecule has 2 rings (SSSR count). The molecule has 1 aromatic carbocycles. The molecule has 0 aromatic heterocycles. The van der Waals surface area contributed by atoms with Crippen molar-refractivity contribution in [1.29, 1.82) is 0 Å². The highest BCUT2D eigenvalue weighted by Gasteiger charge is 2.26. The van der Waals surface area contributed by atoms with Crippen LogP contribution in [0.15, 0.2) is 24.3 Å². The molecule has 0 spiro atoms. The maximum absolute atomic E-state index is 12.6. The number of carbonyl (C=O) groups excluding carboxylic acids is 2. The van der Waals surface area contributed by atoms with Gasteiger partial charge in [0.15, 0.2) is 0 Å². The van der Waals surface area contributed by atoms with Crippen LogP contribution < -0.4 is 5.32 Å². The second-order valence-corrected chi connectivity index (χ2v) is 5.27. The van der Waals surface area contributed by atoms with Crippen molar-refractivity contribution < 1.29 is 14.3 Å². The highest BCUT2D eigenvalue weighted by Crippen LogP contribution is 2.16. The summed E-state index contributed by atoms with van der Waals surface area (Å²) in [6.07, 6.45) is 1.35. The number of nitrogens with zero attached hydrogens (tertiary/aromatic N) is 1. The van der Waals surface area contributed by atoms with Crippen molar-refractivity contribution in [3.63, 3.8) is 0 Å². The molecule has 1 aromatic rings. The number of aryl methyl sites for hydroxylation is 1. The highest BCUT2D eigenvalue weighted by molar-refractivity contribution is 5.95. The summed E-state index contributed by atoms with van der Waals surface area (Å²) < 4.78 is 4.89. The van der Waals surface area contributed by atoms with E-state index in [4.69, 9.17) is 4.74 Å². The van der Waals surface area contributed by atoms with E-state index in [0.29, 0.717) is 13.2 Å². The van der Waals surface area contributed by atoms with Gasteiger partial charge >= 0.3 is 6.09 Å². The molecule has 1 aliphatic heterocycles. The van der Waals surface area contributed by atoms with Gasteiger partial charge in [-0.2, -0.15) is 0 Å². The first-order valence-corrected chi connectivity index (χ1v) is 7.40. The van der Waals surface area contributed by atoms with Crippen LogP contribution >= 0.6 is 0 Å². The van der Waals surface area contributed by atoms with E-state index < -0.39 is 6.09 Å². The quantitative estimate of drug-likeness (QED) is 0.929. The number of carbonyl (C=O) groups is 2. The smallest absolute Gasteiger partial charge is 0.407 e. The summed E-state index contributed by atoms with van der Waals surface area (Å²) in [5.74, 6) is 0.0310. The largest absolute Gasteiger partial charge is 0.450 e. The van der Waals surface area contributed by atoms with Crippen molar-refractivity contribution in [3.8, 4) is 0 Å². The van der Waals surface area contributed by atoms with Crippen molar-refractivity contribution in [3.05, 3.63) is 35.4 Å². The third kappa shape index (κ3) is 3.97. The minimum Gasteiger partial charge on any atom is -0.450 e. The van der Waals surface area contributed by atoms with E-state index in [1.807, 2.05) is 36.1 Å². The van der Waals surface area contributed by atoms with Gasteiger partial charge in [0.25, 0.3) is 5.91 Å². The van der Waals surface area contributed by atoms with Gasteiger partial charge in [-0.05, 0) is 38.3 Å². The molecule has 1 fully saturated rings. The zero-order valence-electron chi connectivity index (χ0n) is 12.6. The summed E-state index contributed by atoms with van der Waals surface area (Å²) in [6, 6.07) is 7.54. The Hall–Kier alpha value is -2.04. The Labute approximate surface area is 125 Å². The summed E-state index contributed by atoms with van der Waals surface area (Å²) in [6.45, 7) is 5.32. The highest BCUT2D eigenvalue weighted by atomic mass is 16.5. The third-order valence-electron chi connectivity index (χ3n) is 3.68. The Morgan fingerprint density at radius 3 is 2.86 bits per heavy atom. The van der Waals surface area contributed by atoms with Crippen LogP contribution in [0, 0.1) is 6.92 Å². The van der Waals surface area contributed by atoms with Gasteiger partial charge in [-0.3, -0.25) is 4.79 Å². The predicted octanol–water partition coefficient (Wildman–Crippen LogP) is 2.35. The number of nitrogens with one attached hydrogen (secondary N) is 1. The Morgan fingerprint density at radius 2 is 2.14 bits per heavy atom. The first-order valence-electron chi connectivity index (χ1n) is 7.40. The molecule has 0 radical (unpaired) electrons. The molecular weight excluding hydrogens is 268 g/mol. The predicted molar refractivity (Wildman–Crippen MR) is 80.3 cm³/mol. The van der Waals surface area contributed by atoms with Gasteiger partial charge in [0.2, 0.25) is 0 Å². The lowest BCUT2D eigenvalue weighted by Crippen LogP contribution is -2.49. The van der Waals surface area contributed by atoms with Crippen LogP contribution in [0.1, 0.15) is 35.7 Å². The maximum atomic E-state index is 12.6. The van der Waals surface area contributed by atoms with Crippen molar-refractivity contribution in [1.82, 2.24) is 10.2 Å². The number of benzene rings is 1. The van der Waals surface area contributed by atoms with E-state index in [2.05, 4.69) is 5.32 Å². The Morgan fingerprint density at radius 1 is 1.38 bits per heavy atom. The average molecular weight is 290 g/mol. The Bertz CT molecular complexity index is 516. The van der Waals surface area contributed by atoms with Gasteiger partial charge < -0.3 is 15.0 Å². The number of alkyl carbamates (subject to hydrolysis) is 1. The minimum atomic E-state index is -0.410. The van der Waals surface area contributed by atoms with Crippen LogP contribution in [0.25, 0.3) is 0 Å². The average Bonchev–Trinajstić information content (AvgIpc) is 2.47. The van der Waals surface area contributed by atoms with E-state index in [-0.39, 0.29) is 11.9 Å². The molecule has 114 valence electrons. The Balaban J connectivity index is 1.99. The van der Waals surface area contributed by atoms with Crippen LogP contribution in [0.2, 0.25) is 0 Å². The second-order valence-electron chi connectivity index (χ2n) is 5.27. The first kappa shape index (κ1) is 15.4. The standard InChI is InChI=1S/C16H22N2O3/c1-3-21-16(20)17-13-8-6-10-18(11-13)15(19)14-9-5-4-7-12(14)2/h4-5,7,9,13H,3,6,8,10-11H2,1-2H3,(H,17,20). The topological polar surface area (TPSA) is 58.6 Å². The molecule has 21 heavy (non-hydrogen) atoms. The van der Waals surface area contributed by atoms with E-state index in [1.165, 1.54) is 0 Å². The molecule has 1 aliphatic rings. The lowest BCUT2D eigenvalue weighted by atomic mass is 10.0. The Kier molecular flexibility index (Phi) is 5.20. The molecule has 0 bridgehead atoms. The summed E-state index contributed by atoms with van der Waals surface area (Å²) in [7, 11) is 0. The number of rotatable bonds is 3. The fourth-order valence-corrected chi connectivity index (χ4v) is 2.60. The summed E-state index contributed by atoms with van der Waals surface area (Å²) in [5.41, 5.74) is 1.71. The zero-order chi connectivity index (χ0) is 15.2. The van der Waals surface area contributed by atoms with Crippen LogP contribution in [-0.2, 0) is 4.74 Å². The fourth-order valence-electron chi connectivity index (χ4n) is 2.60. The normalized spacial score (nSPS) is 18.2. The lowest BCUT2D eigenvalue weighted by molar-refractivity contribution is 0.0685. The van der Waals surface area contributed by atoms with Gasteiger partial charge in [0.05, 0.1) is 6.61 Å². The number of hydrogen-bond donors (Lipinski definition) is 1. The van der Waals surface area contributed by atoms with Crippen LogP contribution in [0.3, 0.4) is 0 Å². The van der Waals surface area contributed by atoms with Gasteiger partial charge in [0, 0.05) is 24.7 Å². The number of likely N-dealkylation sites (tertiary alicyclic amines) is 1. The fraction of sp³-hybridized carbons (Fsp3) is 0.500. The monoisotopic (exact) mass is 290 g/mol. The van der Waals surface area contributed by atoms with Gasteiger partial charge in [-0.25, -0.2) is 4.79 Å². The van der Waals surface area contributed by atoms with Crippen LogP contribution in [0.4, 0.5) is 4.79 Å². The maximum Gasteiger partial charge on any atom is 0.407 e. The molecule has 1 unspecified atom stereocenters. The molecular formula is C16H22N2O3. The SMILES string of the molecule is CCOC(=O)NC1CCCN(C(=O)c2ccccc2C)C1. The molecule has 1 heterocycles. The van der Waals surface area contributed by atoms with Crippen molar-refractivity contribution in [2.45, 2.75) is 32.7 Å². The van der Waals surface area contributed by atoms with Crippen LogP contribution in [-0.4, -0.2) is 42.6 Å². The summed E-state index contributed by atoms with van der Waals surface area (Å²) >= 11 is 0. The number of ether oxygens (including phenoxy) is 1. The molecule has 1 atom stereocenters. The molecule has 1 saturated heterocycles.